The molecule has 4 rings (SSSR count). The average Bonchev–Trinajstić information content (AvgIpc) is 3.08. The van der Waals surface area contributed by atoms with Gasteiger partial charge in [0, 0.05) is 0 Å². The molecule has 0 aromatic heterocycles. The largest absolute Gasteiger partial charge is 0.417 e. The van der Waals surface area contributed by atoms with E-state index >= 15 is 0 Å². The maximum absolute atomic E-state index is 13.6. The Morgan fingerprint density at radius 2 is 1.52 bits per heavy atom. The molecule has 0 spiro atoms. The van der Waals surface area contributed by atoms with E-state index in [9.17, 15) is 23.4 Å². The molecule has 0 bridgehead atoms. The Balaban J connectivity index is 1.49. The average molecular weight is 473 g/mol. The first kappa shape index (κ1) is 25.8. The fourth-order valence-electron chi connectivity index (χ4n) is 9.44. The van der Waals surface area contributed by atoms with Gasteiger partial charge in [0.2, 0.25) is 0 Å². The van der Waals surface area contributed by atoms with Crippen molar-refractivity contribution in [1.82, 2.24) is 0 Å². The summed E-state index contributed by atoms with van der Waals surface area (Å²) in [6.45, 7) is 11.4. The second-order valence-electron chi connectivity index (χ2n) is 13.5. The van der Waals surface area contributed by atoms with Gasteiger partial charge in [-0.05, 0) is 123 Å². The maximum Gasteiger partial charge on any atom is 0.417 e. The predicted molar refractivity (Wildman–Crippen MR) is 125 cm³/mol. The van der Waals surface area contributed by atoms with E-state index in [1.807, 2.05) is 0 Å². The summed E-state index contributed by atoms with van der Waals surface area (Å²) in [5.74, 6) is 3.12. The quantitative estimate of drug-likeness (QED) is 0.438. The van der Waals surface area contributed by atoms with E-state index in [0.29, 0.717) is 41.9 Å². The van der Waals surface area contributed by atoms with Crippen LogP contribution in [0.3, 0.4) is 0 Å². The second-order valence-corrected chi connectivity index (χ2v) is 13.5. The molecule has 33 heavy (non-hydrogen) atoms. The highest BCUT2D eigenvalue weighted by Crippen LogP contribution is 2.69. The summed E-state index contributed by atoms with van der Waals surface area (Å²) < 4.78 is 40.7. The highest BCUT2D eigenvalue weighted by Gasteiger charge is 2.65. The van der Waals surface area contributed by atoms with Gasteiger partial charge in [-0.15, -0.1) is 0 Å². The van der Waals surface area contributed by atoms with E-state index in [2.05, 4.69) is 34.6 Å². The lowest BCUT2D eigenvalue weighted by Gasteiger charge is -2.62. The molecular weight excluding hydrogens is 425 g/mol. The molecule has 0 heterocycles. The van der Waals surface area contributed by atoms with E-state index in [1.54, 1.807) is 0 Å². The molecule has 5 heteroatoms. The zero-order chi connectivity index (χ0) is 24.4. The summed E-state index contributed by atoms with van der Waals surface area (Å²) in [5, 5.41) is 21.4. The molecule has 192 valence electrons. The van der Waals surface area contributed by atoms with Gasteiger partial charge >= 0.3 is 6.18 Å². The summed E-state index contributed by atoms with van der Waals surface area (Å²) in [4.78, 5) is 0. The molecule has 2 N–H and O–H groups in total. The van der Waals surface area contributed by atoms with E-state index in [4.69, 9.17) is 0 Å². The Morgan fingerprint density at radius 3 is 2.15 bits per heavy atom. The Bertz CT molecular complexity index is 708. The van der Waals surface area contributed by atoms with Crippen LogP contribution in [-0.4, -0.2) is 28.1 Å². The van der Waals surface area contributed by atoms with Crippen LogP contribution in [0, 0.1) is 52.3 Å². The summed E-state index contributed by atoms with van der Waals surface area (Å²) >= 11 is 0. The predicted octanol–water partition coefficient (Wildman–Crippen LogP) is 7.37. The SMILES string of the molecule is CC(C)CCC(O)C(C)[C@H]1CC[C@H]2[C@@H]3CC[C@H]4C[C@](O)(C(F)(F)F)CC[C@]4(C)[C@H]3CC[C@]12C. The summed E-state index contributed by atoms with van der Waals surface area (Å²) in [6.07, 6.45) is 3.86. The third kappa shape index (κ3) is 4.19. The van der Waals surface area contributed by atoms with Crippen LogP contribution in [-0.2, 0) is 0 Å². The van der Waals surface area contributed by atoms with E-state index < -0.39 is 11.8 Å². The molecule has 4 saturated carbocycles. The third-order valence-electron chi connectivity index (χ3n) is 11.6. The van der Waals surface area contributed by atoms with Crippen LogP contribution in [0.5, 0.6) is 0 Å². The van der Waals surface area contributed by atoms with Gasteiger partial charge in [0.1, 0.15) is 0 Å². The van der Waals surface area contributed by atoms with E-state index in [-0.39, 0.29) is 35.7 Å². The van der Waals surface area contributed by atoms with Crippen molar-refractivity contribution in [3.05, 3.63) is 0 Å². The number of halogens is 3. The summed E-state index contributed by atoms with van der Waals surface area (Å²) in [6, 6.07) is 0. The molecule has 4 aliphatic rings. The van der Waals surface area contributed by atoms with Gasteiger partial charge in [-0.25, -0.2) is 0 Å². The zero-order valence-corrected chi connectivity index (χ0v) is 21.4. The Kier molecular flexibility index (Phi) is 6.78. The van der Waals surface area contributed by atoms with Crippen LogP contribution >= 0.6 is 0 Å². The molecule has 4 fully saturated rings. The van der Waals surface area contributed by atoms with Crippen LogP contribution in [0.1, 0.15) is 105 Å². The fraction of sp³-hybridized carbons (Fsp3) is 1.00. The zero-order valence-electron chi connectivity index (χ0n) is 21.4. The molecule has 0 radical (unpaired) electrons. The number of hydrogen-bond donors (Lipinski definition) is 2. The number of alkyl halides is 3. The van der Waals surface area contributed by atoms with Gasteiger partial charge in [0.05, 0.1) is 6.10 Å². The normalized spacial score (nSPS) is 47.5. The van der Waals surface area contributed by atoms with Crippen LogP contribution in [0.2, 0.25) is 0 Å². The van der Waals surface area contributed by atoms with Crippen molar-refractivity contribution in [3.8, 4) is 0 Å². The topological polar surface area (TPSA) is 40.5 Å². The molecule has 0 aromatic rings. The minimum atomic E-state index is -4.53. The molecule has 10 atom stereocenters. The Labute approximate surface area is 199 Å². The summed E-state index contributed by atoms with van der Waals surface area (Å²) in [7, 11) is 0. The molecule has 0 amide bonds. The Hall–Kier alpha value is -0.290. The lowest BCUT2D eigenvalue weighted by molar-refractivity contribution is -0.290. The van der Waals surface area contributed by atoms with Crippen molar-refractivity contribution >= 4 is 0 Å². The molecular formula is C28H47F3O2. The van der Waals surface area contributed by atoms with Gasteiger partial charge in [-0.3, -0.25) is 0 Å². The molecule has 0 aromatic carbocycles. The van der Waals surface area contributed by atoms with Gasteiger partial charge in [-0.1, -0.05) is 34.6 Å². The van der Waals surface area contributed by atoms with Crippen LogP contribution in [0.25, 0.3) is 0 Å². The highest BCUT2D eigenvalue weighted by atomic mass is 19.4. The number of fused-ring (bicyclic) bond motifs is 5. The molecule has 4 aliphatic carbocycles. The first-order chi connectivity index (χ1) is 15.2. The maximum atomic E-state index is 13.6. The van der Waals surface area contributed by atoms with Crippen molar-refractivity contribution in [2.75, 3.05) is 0 Å². The lowest BCUT2D eigenvalue weighted by atomic mass is 9.43. The minimum absolute atomic E-state index is 0.0301. The van der Waals surface area contributed by atoms with Crippen LogP contribution in [0.15, 0.2) is 0 Å². The van der Waals surface area contributed by atoms with Gasteiger partial charge in [-0.2, -0.15) is 13.2 Å². The highest BCUT2D eigenvalue weighted by molar-refractivity contribution is 5.12. The number of rotatable bonds is 5. The van der Waals surface area contributed by atoms with Crippen molar-refractivity contribution in [2.45, 2.75) is 123 Å². The number of aliphatic hydroxyl groups excluding tert-OH is 1. The van der Waals surface area contributed by atoms with Crippen molar-refractivity contribution in [1.29, 1.82) is 0 Å². The van der Waals surface area contributed by atoms with E-state index in [1.165, 1.54) is 12.8 Å². The van der Waals surface area contributed by atoms with Crippen molar-refractivity contribution in [3.63, 3.8) is 0 Å². The molecule has 0 aliphatic heterocycles. The lowest BCUT2D eigenvalue weighted by Crippen LogP contribution is -2.59. The molecule has 2 nitrogen and oxygen atoms in total. The smallest absolute Gasteiger partial charge is 0.393 e. The molecule has 2 unspecified atom stereocenters. The van der Waals surface area contributed by atoms with Crippen LogP contribution < -0.4 is 0 Å². The van der Waals surface area contributed by atoms with Gasteiger partial charge in [0.25, 0.3) is 0 Å². The first-order valence-corrected chi connectivity index (χ1v) is 13.7. The van der Waals surface area contributed by atoms with Crippen molar-refractivity contribution in [2.24, 2.45) is 52.3 Å². The van der Waals surface area contributed by atoms with E-state index in [0.717, 1.165) is 38.5 Å². The standard InChI is InChI=1S/C28H47F3O2/c1-17(2)6-11-24(32)18(3)21-9-10-22-20-8-7-19-16-27(33,28(29,30)31)15-14-25(19,4)23(20)12-13-26(21,22)5/h17-24,32-33H,6-16H2,1-5H3/t18?,19-,20-,21+,22-,23-,24?,25-,26+,27-/m0/s1. The first-order valence-electron chi connectivity index (χ1n) is 13.7. The van der Waals surface area contributed by atoms with Gasteiger partial charge < -0.3 is 10.2 Å². The van der Waals surface area contributed by atoms with Gasteiger partial charge in [0.15, 0.2) is 5.60 Å². The number of aliphatic hydroxyl groups is 2. The molecule has 0 saturated heterocycles. The number of hydrogen-bond acceptors (Lipinski definition) is 2. The summed E-state index contributed by atoms with van der Waals surface area (Å²) in [5.41, 5.74) is -2.33. The second kappa shape index (κ2) is 8.68. The monoisotopic (exact) mass is 472 g/mol. The van der Waals surface area contributed by atoms with Crippen LogP contribution in [0.4, 0.5) is 13.2 Å². The van der Waals surface area contributed by atoms with Crippen molar-refractivity contribution < 1.29 is 23.4 Å². The Morgan fingerprint density at radius 1 is 0.848 bits per heavy atom. The third-order valence-corrected chi connectivity index (χ3v) is 11.6. The fourth-order valence-corrected chi connectivity index (χ4v) is 9.44. The minimum Gasteiger partial charge on any atom is -0.393 e.